The molecule has 1 saturated heterocycles. The zero-order chi connectivity index (χ0) is 35.2. The Morgan fingerprint density at radius 1 is 1.04 bits per heavy atom. The second-order valence-electron chi connectivity index (χ2n) is 11.7. The van der Waals surface area contributed by atoms with Crippen LogP contribution < -0.4 is 27.4 Å². The minimum atomic E-state index is -1.38. The molecule has 4 atom stereocenters. The van der Waals surface area contributed by atoms with Crippen molar-refractivity contribution >= 4 is 52.3 Å². The van der Waals surface area contributed by atoms with Crippen LogP contribution in [0, 0.1) is 5.92 Å². The van der Waals surface area contributed by atoms with E-state index in [1.165, 1.54) is 12.0 Å². The average molecular weight is 674 g/mol. The van der Waals surface area contributed by atoms with E-state index in [1.54, 1.807) is 6.20 Å². The van der Waals surface area contributed by atoms with Crippen LogP contribution in [0.2, 0.25) is 0 Å². The largest absolute Gasteiger partial charge is 0.469 e. The predicted octanol–water partition coefficient (Wildman–Crippen LogP) is 0.493. The van der Waals surface area contributed by atoms with Gasteiger partial charge in [-0.1, -0.05) is 18.2 Å². The Bertz CT molecular complexity index is 1480. The Labute approximate surface area is 277 Å². The number of H-pyrrole nitrogens is 1. The summed E-state index contributed by atoms with van der Waals surface area (Å²) in [5.41, 5.74) is 12.3. The highest BCUT2D eigenvalue weighted by Gasteiger charge is 2.38. The van der Waals surface area contributed by atoms with E-state index in [2.05, 4.69) is 25.7 Å². The van der Waals surface area contributed by atoms with E-state index >= 15 is 0 Å². The maximum Gasteiger partial charge on any atom is 0.312 e. The number of nitrogens with one attached hydrogen (secondary N) is 4. The lowest BCUT2D eigenvalue weighted by atomic mass is 9.90. The van der Waals surface area contributed by atoms with Gasteiger partial charge in [-0.05, 0) is 50.2 Å². The normalized spacial score (nSPS) is 16.3. The molecule has 1 aliphatic rings. The van der Waals surface area contributed by atoms with Gasteiger partial charge < -0.3 is 42.0 Å². The van der Waals surface area contributed by atoms with Crippen molar-refractivity contribution in [3.05, 3.63) is 36.0 Å². The number of halogens is 1. The van der Waals surface area contributed by atoms with Gasteiger partial charge in [0, 0.05) is 55.4 Å². The fraction of sp³-hybridized carbons (Fsp3) is 0.531. The number of urea groups is 1. The van der Waals surface area contributed by atoms with E-state index in [0.29, 0.717) is 19.3 Å². The number of aromatic amines is 1. The van der Waals surface area contributed by atoms with E-state index in [1.807, 2.05) is 24.3 Å². The molecule has 262 valence electrons. The van der Waals surface area contributed by atoms with Crippen molar-refractivity contribution < 1.29 is 42.7 Å². The number of alkyl halides is 1. The number of ketones is 1. The number of carbonyl (C=O) groups is 7. The minimum absolute atomic E-state index is 0.0677. The Morgan fingerprint density at radius 2 is 1.79 bits per heavy atom. The molecule has 0 spiro atoms. The molecule has 0 aliphatic carbocycles. The fourth-order valence-electron chi connectivity index (χ4n) is 5.85. The second-order valence-corrected chi connectivity index (χ2v) is 11.7. The first-order valence-electron chi connectivity index (χ1n) is 15.9. The van der Waals surface area contributed by atoms with Gasteiger partial charge in [-0.15, -0.1) is 0 Å². The first-order valence-corrected chi connectivity index (χ1v) is 15.9. The summed E-state index contributed by atoms with van der Waals surface area (Å²) in [7, 11) is 1.17. The zero-order valence-electron chi connectivity index (χ0n) is 26.9. The molecule has 1 aromatic carbocycles. The molecule has 3 rings (SSSR count). The third-order valence-corrected chi connectivity index (χ3v) is 8.39. The number of carbonyl (C=O) groups excluding carboxylic acids is 7. The van der Waals surface area contributed by atoms with Crippen molar-refractivity contribution in [1.29, 1.82) is 0 Å². The van der Waals surface area contributed by atoms with Crippen molar-refractivity contribution in [1.82, 2.24) is 25.8 Å². The Morgan fingerprint density at radius 3 is 2.48 bits per heavy atom. The molecule has 8 N–H and O–H groups in total. The van der Waals surface area contributed by atoms with Crippen LogP contribution in [0.25, 0.3) is 10.9 Å². The second kappa shape index (κ2) is 18.4. The molecule has 1 aromatic heterocycles. The number of hydrogen-bond acceptors (Lipinski definition) is 8. The Hall–Kier alpha value is -5.02. The molecule has 0 radical (unpaired) electrons. The molecule has 0 bridgehead atoms. The van der Waals surface area contributed by atoms with Gasteiger partial charge in [0.1, 0.15) is 12.1 Å². The number of nitrogens with two attached hydrogens (primary N) is 2. The van der Waals surface area contributed by atoms with Crippen molar-refractivity contribution in [3.63, 3.8) is 0 Å². The summed E-state index contributed by atoms with van der Waals surface area (Å²) in [6.07, 6.45) is 3.04. The van der Waals surface area contributed by atoms with E-state index in [4.69, 9.17) is 11.5 Å². The Kier molecular flexibility index (Phi) is 14.3. The molecule has 2 aromatic rings. The smallest absolute Gasteiger partial charge is 0.312 e. The minimum Gasteiger partial charge on any atom is -0.469 e. The number of methoxy groups -OCH3 is 1. The van der Waals surface area contributed by atoms with Gasteiger partial charge in [-0.25, -0.2) is 9.18 Å². The van der Waals surface area contributed by atoms with Crippen LogP contribution in [0.1, 0.15) is 56.9 Å². The summed E-state index contributed by atoms with van der Waals surface area (Å²) in [6, 6.07) is 3.26. The summed E-state index contributed by atoms with van der Waals surface area (Å²) >= 11 is 0. The number of hydrogen-bond donors (Lipinski definition) is 6. The highest BCUT2D eigenvalue weighted by Crippen LogP contribution is 2.23. The van der Waals surface area contributed by atoms with Gasteiger partial charge in [-0.3, -0.25) is 28.8 Å². The van der Waals surface area contributed by atoms with Crippen LogP contribution in [0.15, 0.2) is 30.5 Å². The van der Waals surface area contributed by atoms with Crippen LogP contribution in [0.5, 0.6) is 0 Å². The lowest BCUT2D eigenvalue weighted by Gasteiger charge is -2.37. The molecule has 6 amide bonds. The van der Waals surface area contributed by atoms with Gasteiger partial charge in [0.15, 0.2) is 12.5 Å². The molecular weight excluding hydrogens is 629 g/mol. The maximum absolute atomic E-state index is 13.9. The molecule has 16 heteroatoms. The van der Waals surface area contributed by atoms with Crippen LogP contribution >= 0.6 is 0 Å². The summed E-state index contributed by atoms with van der Waals surface area (Å²) in [5.74, 6) is -5.01. The van der Waals surface area contributed by atoms with E-state index in [0.717, 1.165) is 16.5 Å². The maximum atomic E-state index is 13.9. The number of nitrogens with zero attached hydrogens (tertiary/aromatic N) is 1. The highest BCUT2D eigenvalue weighted by molar-refractivity contribution is 5.96. The standard InChI is InChI=1S/C32H44FN7O8/c1-48-28(43)12-11-23(38-27(42)17-33)31(46)40-14-5-4-10-25(40)30(45)39-24(15-20-18-37-22-9-3-2-8-21(20)22)26(41)16-19(29(34)44)7-6-13-36-32(35)47/h2-3,8-9,18-19,23-25,37H,4-7,10-17H2,1H3,(H2,34,44)(H,38,42)(H,39,45)(H3,35,36,47)/t19-,23+,24+,25+/m1/s1. The van der Waals surface area contributed by atoms with Crippen LogP contribution in [-0.2, 0) is 39.9 Å². The predicted molar refractivity (Wildman–Crippen MR) is 172 cm³/mol. The molecule has 15 nitrogen and oxygen atoms in total. The number of para-hydroxylation sites is 1. The van der Waals surface area contributed by atoms with E-state index < -0.39 is 72.1 Å². The van der Waals surface area contributed by atoms with Gasteiger partial charge in [-0.2, -0.15) is 0 Å². The van der Waals surface area contributed by atoms with Gasteiger partial charge in [0.05, 0.1) is 13.2 Å². The van der Waals surface area contributed by atoms with Crippen molar-refractivity contribution in [2.75, 3.05) is 26.9 Å². The number of fused-ring (bicyclic) bond motifs is 1. The third-order valence-electron chi connectivity index (χ3n) is 8.39. The van der Waals surface area contributed by atoms with Gasteiger partial charge in [0.25, 0.3) is 5.91 Å². The number of piperidine rings is 1. The lowest BCUT2D eigenvalue weighted by Crippen LogP contribution is -2.59. The Balaban J connectivity index is 1.85. The summed E-state index contributed by atoms with van der Waals surface area (Å²) in [5, 5.41) is 8.35. The fourth-order valence-corrected chi connectivity index (χ4v) is 5.85. The molecule has 1 aliphatic heterocycles. The quantitative estimate of drug-likeness (QED) is 0.0960. The number of ether oxygens (including phenoxy) is 1. The number of esters is 1. The number of amides is 6. The highest BCUT2D eigenvalue weighted by atomic mass is 19.1. The number of benzene rings is 1. The van der Waals surface area contributed by atoms with Crippen LogP contribution in [0.4, 0.5) is 9.18 Å². The monoisotopic (exact) mass is 673 g/mol. The molecule has 0 unspecified atom stereocenters. The summed E-state index contributed by atoms with van der Waals surface area (Å²) < 4.78 is 17.7. The van der Waals surface area contributed by atoms with Crippen LogP contribution in [-0.4, -0.2) is 96.3 Å². The number of aromatic nitrogens is 1. The topological polar surface area (TPSA) is 236 Å². The number of Topliss-reactive ketones (excluding diaryl/α,β-unsaturated/α-hetero) is 1. The SMILES string of the molecule is COC(=O)CC[C@H](NC(=O)CF)C(=O)N1CCCC[C@H]1C(=O)N[C@@H](Cc1c[nH]c2ccccc12)C(=O)C[C@@H](CCCNC(N)=O)C(N)=O. The number of rotatable bonds is 18. The van der Waals surface area contributed by atoms with Gasteiger partial charge in [0.2, 0.25) is 17.7 Å². The molecule has 2 heterocycles. The van der Waals surface area contributed by atoms with E-state index in [-0.39, 0.29) is 51.6 Å². The first-order chi connectivity index (χ1) is 22.9. The average Bonchev–Trinajstić information content (AvgIpc) is 3.49. The van der Waals surface area contributed by atoms with Crippen molar-refractivity contribution in [3.8, 4) is 0 Å². The van der Waals surface area contributed by atoms with Crippen molar-refractivity contribution in [2.45, 2.75) is 75.9 Å². The first kappa shape index (κ1) is 37.4. The van der Waals surface area contributed by atoms with Crippen LogP contribution in [0.3, 0.4) is 0 Å². The van der Waals surface area contributed by atoms with Gasteiger partial charge >= 0.3 is 12.0 Å². The lowest BCUT2D eigenvalue weighted by molar-refractivity contribution is -0.147. The third kappa shape index (κ3) is 10.8. The number of primary amides is 2. The molecule has 48 heavy (non-hydrogen) atoms. The summed E-state index contributed by atoms with van der Waals surface area (Å²) in [4.78, 5) is 92.8. The number of likely N-dealkylation sites (tertiary alicyclic amines) is 1. The summed E-state index contributed by atoms with van der Waals surface area (Å²) in [6.45, 7) is -1.04. The molecule has 1 fully saturated rings. The zero-order valence-corrected chi connectivity index (χ0v) is 26.9. The van der Waals surface area contributed by atoms with Crippen molar-refractivity contribution in [2.24, 2.45) is 17.4 Å². The molecular formula is C32H44FN7O8. The molecule has 0 saturated carbocycles. The van der Waals surface area contributed by atoms with E-state index in [9.17, 15) is 38.0 Å².